The van der Waals surface area contributed by atoms with E-state index in [0.29, 0.717) is 39.0 Å². The molecule has 0 spiro atoms. The van der Waals surface area contributed by atoms with Gasteiger partial charge in [0.05, 0.1) is 7.11 Å². The highest BCUT2D eigenvalue weighted by Gasteiger charge is 2.27. The average Bonchev–Trinajstić information content (AvgIpc) is 2.71. The summed E-state index contributed by atoms with van der Waals surface area (Å²) in [6.45, 7) is 7.25. The third kappa shape index (κ3) is 7.24. The van der Waals surface area contributed by atoms with E-state index in [4.69, 9.17) is 9.47 Å². The molecule has 0 unspecified atom stereocenters. The molecule has 0 bridgehead atoms. The fourth-order valence-corrected chi connectivity index (χ4v) is 3.11. The fraction of sp³-hybridized carbons (Fsp3) is 0.591. The molecule has 1 fully saturated rings. The molecule has 0 atom stereocenters. The quantitative estimate of drug-likeness (QED) is 0.706. The molecule has 1 aromatic rings. The van der Waals surface area contributed by atoms with Crippen molar-refractivity contribution in [2.45, 2.75) is 39.2 Å². The van der Waals surface area contributed by atoms with E-state index in [0.717, 1.165) is 11.3 Å². The van der Waals surface area contributed by atoms with Gasteiger partial charge in [-0.15, -0.1) is 0 Å². The Morgan fingerprint density at radius 1 is 0.967 bits per heavy atom. The highest BCUT2D eigenvalue weighted by atomic mass is 16.6. The van der Waals surface area contributed by atoms with E-state index in [1.165, 1.54) is 4.90 Å². The van der Waals surface area contributed by atoms with Crippen LogP contribution in [0.15, 0.2) is 24.3 Å². The highest BCUT2D eigenvalue weighted by Crippen LogP contribution is 2.14. The predicted molar refractivity (Wildman–Crippen MR) is 113 cm³/mol. The first-order valence-electron chi connectivity index (χ1n) is 10.2. The topological polar surface area (TPSA) is 79.4 Å². The molecule has 8 nitrogen and oxygen atoms in total. The SMILES string of the molecule is COc1ccc(CCC(=O)N2CCN(C(=O)CN(C)C(=O)OC(C)(C)C)CC2)cc1. The molecule has 30 heavy (non-hydrogen) atoms. The molecule has 1 aromatic carbocycles. The smallest absolute Gasteiger partial charge is 0.410 e. The Morgan fingerprint density at radius 2 is 1.50 bits per heavy atom. The highest BCUT2D eigenvalue weighted by molar-refractivity contribution is 5.83. The van der Waals surface area contributed by atoms with Gasteiger partial charge in [0.2, 0.25) is 11.8 Å². The van der Waals surface area contributed by atoms with Crippen LogP contribution >= 0.6 is 0 Å². The average molecular weight is 420 g/mol. The lowest BCUT2D eigenvalue weighted by Gasteiger charge is -2.35. The maximum absolute atomic E-state index is 12.5. The van der Waals surface area contributed by atoms with Crippen LogP contribution in [0.4, 0.5) is 4.79 Å². The number of rotatable bonds is 6. The Bertz CT molecular complexity index is 734. The van der Waals surface area contributed by atoms with E-state index in [9.17, 15) is 14.4 Å². The maximum Gasteiger partial charge on any atom is 0.410 e. The van der Waals surface area contributed by atoms with E-state index in [1.807, 2.05) is 24.3 Å². The number of hydrogen-bond acceptors (Lipinski definition) is 5. The first-order chi connectivity index (χ1) is 14.1. The molecule has 3 amide bonds. The van der Waals surface area contributed by atoms with Gasteiger partial charge in [-0.3, -0.25) is 9.59 Å². The summed E-state index contributed by atoms with van der Waals surface area (Å²) in [6.07, 6.45) is 0.577. The van der Waals surface area contributed by atoms with Gasteiger partial charge >= 0.3 is 6.09 Å². The standard InChI is InChI=1S/C22H33N3O5/c1-22(2,3)30-21(28)23(4)16-20(27)25-14-12-24(13-15-25)19(26)11-8-17-6-9-18(29-5)10-7-17/h6-7,9-10H,8,11-16H2,1-5H3. The monoisotopic (exact) mass is 419 g/mol. The van der Waals surface area contributed by atoms with Crippen molar-refractivity contribution < 1.29 is 23.9 Å². The number of piperazine rings is 1. The van der Waals surface area contributed by atoms with Crippen molar-refractivity contribution in [3.05, 3.63) is 29.8 Å². The molecule has 0 radical (unpaired) electrons. The van der Waals surface area contributed by atoms with Gasteiger partial charge < -0.3 is 24.2 Å². The minimum Gasteiger partial charge on any atom is -0.497 e. The van der Waals surface area contributed by atoms with E-state index in [-0.39, 0.29) is 18.4 Å². The number of carbonyl (C=O) groups is 3. The summed E-state index contributed by atoms with van der Waals surface area (Å²) in [6, 6.07) is 7.70. The zero-order valence-electron chi connectivity index (χ0n) is 18.6. The van der Waals surface area contributed by atoms with E-state index in [1.54, 1.807) is 44.7 Å². The molecule has 0 N–H and O–H groups in total. The minimum absolute atomic E-state index is 0.0413. The summed E-state index contributed by atoms with van der Waals surface area (Å²) in [5.74, 6) is 0.737. The van der Waals surface area contributed by atoms with Crippen LogP contribution < -0.4 is 4.74 Å². The van der Waals surface area contributed by atoms with Crippen LogP contribution in [0.25, 0.3) is 0 Å². The van der Waals surface area contributed by atoms with Crippen molar-refractivity contribution in [3.63, 3.8) is 0 Å². The first-order valence-corrected chi connectivity index (χ1v) is 10.2. The molecule has 1 aliphatic heterocycles. The normalized spacial score (nSPS) is 14.3. The number of ether oxygens (including phenoxy) is 2. The fourth-order valence-electron chi connectivity index (χ4n) is 3.11. The lowest BCUT2D eigenvalue weighted by atomic mass is 10.1. The molecule has 8 heteroatoms. The summed E-state index contributed by atoms with van der Waals surface area (Å²) >= 11 is 0. The van der Waals surface area contributed by atoms with Gasteiger partial charge in [-0.2, -0.15) is 0 Å². The summed E-state index contributed by atoms with van der Waals surface area (Å²) in [5, 5.41) is 0. The third-order valence-electron chi connectivity index (χ3n) is 4.85. The third-order valence-corrected chi connectivity index (χ3v) is 4.85. The number of amides is 3. The van der Waals surface area contributed by atoms with Gasteiger partial charge in [0.15, 0.2) is 0 Å². The van der Waals surface area contributed by atoms with Crippen molar-refractivity contribution in [1.29, 1.82) is 0 Å². The van der Waals surface area contributed by atoms with Gasteiger partial charge in [-0.1, -0.05) is 12.1 Å². The first kappa shape index (κ1) is 23.5. The van der Waals surface area contributed by atoms with E-state index in [2.05, 4.69) is 0 Å². The van der Waals surface area contributed by atoms with Gasteiger partial charge in [0.1, 0.15) is 17.9 Å². The molecule has 1 saturated heterocycles. The Kier molecular flexibility index (Phi) is 8.08. The molecule has 166 valence electrons. The van der Waals surface area contributed by atoms with E-state index < -0.39 is 11.7 Å². The number of nitrogens with zero attached hydrogens (tertiary/aromatic N) is 3. The second-order valence-corrected chi connectivity index (χ2v) is 8.45. The van der Waals surface area contributed by atoms with Crippen molar-refractivity contribution in [1.82, 2.24) is 14.7 Å². The maximum atomic E-state index is 12.5. The van der Waals surface area contributed by atoms with Gasteiger partial charge in [0, 0.05) is 39.6 Å². The van der Waals surface area contributed by atoms with E-state index >= 15 is 0 Å². The van der Waals surface area contributed by atoms with Crippen molar-refractivity contribution >= 4 is 17.9 Å². The number of benzene rings is 1. The Morgan fingerprint density at radius 3 is 2.00 bits per heavy atom. The van der Waals surface area contributed by atoms with Crippen molar-refractivity contribution in [2.24, 2.45) is 0 Å². The summed E-state index contributed by atoms with van der Waals surface area (Å²) in [4.78, 5) is 41.8. The zero-order valence-corrected chi connectivity index (χ0v) is 18.6. The van der Waals surface area contributed by atoms with Crippen LogP contribution in [0.3, 0.4) is 0 Å². The number of aryl methyl sites for hydroxylation is 1. The molecule has 1 aliphatic rings. The Balaban J connectivity index is 1.74. The number of carbonyl (C=O) groups excluding carboxylic acids is 3. The minimum atomic E-state index is -0.605. The van der Waals surface area contributed by atoms with Crippen molar-refractivity contribution in [3.8, 4) is 5.75 Å². The van der Waals surface area contributed by atoms with Crippen LogP contribution in [0.5, 0.6) is 5.75 Å². The number of hydrogen-bond donors (Lipinski definition) is 0. The number of likely N-dealkylation sites (N-methyl/N-ethyl adjacent to an activating group) is 1. The molecular weight excluding hydrogens is 386 g/mol. The van der Waals surface area contributed by atoms with Gasteiger partial charge in [-0.25, -0.2) is 4.79 Å². The Labute approximate surface area is 178 Å². The molecule has 0 saturated carbocycles. The lowest BCUT2D eigenvalue weighted by Crippen LogP contribution is -2.53. The summed E-state index contributed by atoms with van der Waals surface area (Å²) in [7, 11) is 3.17. The van der Waals surface area contributed by atoms with Gasteiger partial charge in [-0.05, 0) is 44.9 Å². The Hall–Kier alpha value is -2.77. The number of methoxy groups -OCH3 is 1. The second kappa shape index (κ2) is 10.3. The largest absolute Gasteiger partial charge is 0.497 e. The van der Waals surface area contributed by atoms with Crippen LogP contribution in [-0.4, -0.2) is 85.1 Å². The molecule has 0 aliphatic carbocycles. The lowest BCUT2D eigenvalue weighted by molar-refractivity contribution is -0.139. The zero-order chi connectivity index (χ0) is 22.3. The second-order valence-electron chi connectivity index (χ2n) is 8.45. The summed E-state index contributed by atoms with van der Waals surface area (Å²) in [5.41, 5.74) is 0.481. The predicted octanol–water partition coefficient (Wildman–Crippen LogP) is 2.17. The van der Waals surface area contributed by atoms with Crippen LogP contribution in [-0.2, 0) is 20.7 Å². The van der Waals surface area contributed by atoms with Gasteiger partial charge in [0.25, 0.3) is 0 Å². The van der Waals surface area contributed by atoms with Crippen molar-refractivity contribution in [2.75, 3.05) is 46.9 Å². The van der Waals surface area contributed by atoms with Crippen LogP contribution in [0.2, 0.25) is 0 Å². The van der Waals surface area contributed by atoms with Crippen LogP contribution in [0, 0.1) is 0 Å². The molecule has 2 rings (SSSR count). The molecule has 1 heterocycles. The van der Waals surface area contributed by atoms with Crippen LogP contribution in [0.1, 0.15) is 32.8 Å². The summed E-state index contributed by atoms with van der Waals surface area (Å²) < 4.78 is 10.4. The molecule has 0 aromatic heterocycles. The molecular formula is C22H33N3O5.